The standard InChI is InChI=1S/C54H57F3N10O8/c1-61-34-58-60-46(61)26-53(32-74-33-53)38-4-2-5-39(25-38)65-30-45-42(54(55,56)57)24-37(29-66(45)52(65)72)28-62-16-14-40(15-17-62)75-23-22-73-31-36-10-8-35(9-11-36)27-63-18-20-64(21-19-63)43-7-3-6-41-48(43)51(71)67(50(41)70)44-12-13-47(68)59-49(44)69/h2-11,24-25,29-30,34,40,44H,12-23,26-28,31-33H2,1H3,(H,59,68,69). The lowest BCUT2D eigenvalue weighted by atomic mass is 9.75. The first-order valence-corrected chi connectivity index (χ1v) is 25.4. The van der Waals surface area contributed by atoms with E-state index in [9.17, 15) is 37.1 Å². The number of nitrogens with one attached hydrogen (secondary N) is 1. The first kappa shape index (κ1) is 50.1. The number of aryl methyl sites for hydroxylation is 1. The summed E-state index contributed by atoms with van der Waals surface area (Å²) in [6, 6.07) is 21.0. The van der Waals surface area contributed by atoms with Crippen LogP contribution in [0.5, 0.6) is 0 Å². The van der Waals surface area contributed by atoms with Crippen LogP contribution in [0.4, 0.5) is 18.9 Å². The van der Waals surface area contributed by atoms with Crippen LogP contribution in [0.3, 0.4) is 0 Å². The first-order valence-electron chi connectivity index (χ1n) is 25.4. The van der Waals surface area contributed by atoms with Crippen molar-refractivity contribution in [3.63, 3.8) is 0 Å². The number of alkyl halides is 3. The van der Waals surface area contributed by atoms with E-state index in [-0.39, 0.29) is 36.6 Å². The first-order chi connectivity index (χ1) is 36.2. The molecule has 21 heteroatoms. The second-order valence-corrected chi connectivity index (χ2v) is 20.3. The molecule has 5 aliphatic rings. The molecule has 4 fully saturated rings. The van der Waals surface area contributed by atoms with Crippen LogP contribution >= 0.6 is 0 Å². The van der Waals surface area contributed by atoms with E-state index < -0.39 is 52.5 Å². The van der Waals surface area contributed by atoms with Crippen molar-refractivity contribution >= 4 is 34.8 Å². The number of amides is 4. The third-order valence-corrected chi connectivity index (χ3v) is 15.3. The fraction of sp³-hybridized carbons (Fsp3) is 0.426. The van der Waals surface area contributed by atoms with Crippen molar-refractivity contribution < 1.29 is 46.6 Å². The summed E-state index contributed by atoms with van der Waals surface area (Å²) in [7, 11) is 1.87. The smallest absolute Gasteiger partial charge is 0.379 e. The molecule has 0 aliphatic carbocycles. The van der Waals surface area contributed by atoms with E-state index in [2.05, 4.69) is 54.5 Å². The molecule has 5 aliphatic heterocycles. The molecule has 1 atom stereocenters. The highest BCUT2D eigenvalue weighted by Gasteiger charge is 2.47. The third kappa shape index (κ3) is 10.1. The fourth-order valence-electron chi connectivity index (χ4n) is 11.1. The molecule has 4 amide bonds. The Hall–Kier alpha value is -7.04. The summed E-state index contributed by atoms with van der Waals surface area (Å²) in [6.45, 7) is 7.15. The molecule has 3 aromatic carbocycles. The summed E-state index contributed by atoms with van der Waals surface area (Å²) in [6.07, 6.45) is 1.88. The highest BCUT2D eigenvalue weighted by molar-refractivity contribution is 6.25. The predicted octanol–water partition coefficient (Wildman–Crippen LogP) is 4.67. The molecule has 6 aromatic rings. The second-order valence-electron chi connectivity index (χ2n) is 20.3. The zero-order chi connectivity index (χ0) is 52.0. The van der Waals surface area contributed by atoms with Crippen LogP contribution in [0.15, 0.2) is 96.3 Å². The number of anilines is 1. The molecule has 1 N–H and O–H groups in total. The average molecular weight is 1030 g/mol. The summed E-state index contributed by atoms with van der Waals surface area (Å²) < 4.78 is 65.9. The molecule has 11 rings (SSSR count). The van der Waals surface area contributed by atoms with Crippen LogP contribution in [-0.2, 0) is 68.6 Å². The van der Waals surface area contributed by atoms with E-state index in [4.69, 9.17) is 14.2 Å². The highest BCUT2D eigenvalue weighted by atomic mass is 19.4. The lowest BCUT2D eigenvalue weighted by Crippen LogP contribution is -2.54. The maximum Gasteiger partial charge on any atom is 0.418 e. The molecule has 75 heavy (non-hydrogen) atoms. The molecule has 8 heterocycles. The van der Waals surface area contributed by atoms with Gasteiger partial charge in [-0.3, -0.25) is 48.2 Å². The quantitative estimate of drug-likeness (QED) is 0.105. The number of nitrogens with zero attached hydrogens (tertiary/aromatic N) is 9. The topological polar surface area (TPSA) is 178 Å². The van der Waals surface area contributed by atoms with Crippen LogP contribution in [0.1, 0.15) is 80.0 Å². The number of rotatable bonds is 16. The number of piperazine rings is 1. The van der Waals surface area contributed by atoms with Crippen molar-refractivity contribution in [1.82, 2.24) is 43.7 Å². The van der Waals surface area contributed by atoms with Crippen molar-refractivity contribution in [2.24, 2.45) is 7.05 Å². The SMILES string of the molecule is Cn1cnnc1CC1(c2cccc(-n3cc4c(C(F)(F)F)cc(CN5CCC(OCCOCc6ccc(CN7CCN(c8cccc9c8C(=O)N(C8CCC(=O)NC8=O)C9=O)CC7)cc6)CC5)cn4c3=O)c2)COC1. The lowest BCUT2D eigenvalue weighted by Gasteiger charge is -2.41. The maximum atomic E-state index is 14.7. The zero-order valence-electron chi connectivity index (χ0n) is 41.5. The van der Waals surface area contributed by atoms with Gasteiger partial charge in [-0.05, 0) is 71.8 Å². The molecule has 0 bridgehead atoms. The number of hydrogen-bond donors (Lipinski definition) is 1. The van der Waals surface area contributed by atoms with Gasteiger partial charge in [0.25, 0.3) is 11.8 Å². The maximum absolute atomic E-state index is 14.7. The number of hydrogen-bond acceptors (Lipinski definition) is 13. The van der Waals surface area contributed by atoms with Gasteiger partial charge in [0, 0.05) is 90.1 Å². The number of carbonyl (C=O) groups excluding carboxylic acids is 4. The number of ether oxygens (including phenoxy) is 3. The number of benzene rings is 3. The van der Waals surface area contributed by atoms with Crippen LogP contribution in [-0.4, -0.2) is 140 Å². The molecule has 3 aromatic heterocycles. The largest absolute Gasteiger partial charge is 0.418 e. The predicted molar refractivity (Wildman–Crippen MR) is 266 cm³/mol. The van der Waals surface area contributed by atoms with Crippen molar-refractivity contribution in [3.05, 3.63) is 147 Å². The van der Waals surface area contributed by atoms with Gasteiger partial charge in [0.15, 0.2) is 0 Å². The minimum absolute atomic E-state index is 0.00629. The minimum atomic E-state index is -4.69. The van der Waals surface area contributed by atoms with E-state index in [1.54, 1.807) is 30.6 Å². The molecule has 0 spiro atoms. The number of likely N-dealkylation sites (tertiary alicyclic amines) is 1. The zero-order valence-corrected chi connectivity index (χ0v) is 41.5. The van der Waals surface area contributed by atoms with Crippen LogP contribution in [0, 0.1) is 0 Å². The van der Waals surface area contributed by atoms with Crippen molar-refractivity contribution in [2.45, 2.75) is 75.5 Å². The molecular formula is C54H57F3N10O8. The number of fused-ring (bicyclic) bond motifs is 2. The van der Waals surface area contributed by atoms with Gasteiger partial charge >= 0.3 is 11.9 Å². The third-order valence-electron chi connectivity index (χ3n) is 15.3. The Kier molecular flexibility index (Phi) is 13.8. The average Bonchev–Trinajstić information content (AvgIpc) is 4.05. The van der Waals surface area contributed by atoms with E-state index in [1.807, 2.05) is 29.8 Å². The molecule has 0 saturated carbocycles. The monoisotopic (exact) mass is 1030 g/mol. The Morgan fingerprint density at radius 3 is 2.24 bits per heavy atom. The fourth-order valence-corrected chi connectivity index (χ4v) is 11.1. The van der Waals surface area contributed by atoms with Gasteiger partial charge in [-0.2, -0.15) is 13.2 Å². The number of carbonyl (C=O) groups is 4. The van der Waals surface area contributed by atoms with E-state index >= 15 is 0 Å². The van der Waals surface area contributed by atoms with Crippen molar-refractivity contribution in [2.75, 3.05) is 70.6 Å². The van der Waals surface area contributed by atoms with Crippen molar-refractivity contribution in [1.29, 1.82) is 0 Å². The number of imide groups is 2. The molecule has 18 nitrogen and oxygen atoms in total. The Bertz CT molecular complexity index is 3210. The normalized spacial score (nSPS) is 19.8. The molecule has 1 unspecified atom stereocenters. The van der Waals surface area contributed by atoms with Crippen molar-refractivity contribution in [3.8, 4) is 5.69 Å². The molecule has 0 radical (unpaired) electrons. The number of imidazole rings is 1. The summed E-state index contributed by atoms with van der Waals surface area (Å²) >= 11 is 0. The Morgan fingerprint density at radius 2 is 1.53 bits per heavy atom. The lowest BCUT2D eigenvalue weighted by molar-refractivity contribution is -0.137. The molecule has 4 saturated heterocycles. The molecular weight excluding hydrogens is 974 g/mol. The van der Waals surface area contributed by atoms with Gasteiger partial charge in [0.05, 0.1) is 72.7 Å². The van der Waals surface area contributed by atoms with Gasteiger partial charge in [0.1, 0.15) is 18.2 Å². The van der Waals surface area contributed by atoms with Gasteiger partial charge in [-0.25, -0.2) is 4.79 Å². The number of piperidine rings is 2. The van der Waals surface area contributed by atoms with Gasteiger partial charge in [0.2, 0.25) is 11.8 Å². The molecule has 392 valence electrons. The summed E-state index contributed by atoms with van der Waals surface area (Å²) in [5.74, 6) is -1.28. The number of aromatic nitrogens is 5. The Balaban J connectivity index is 0.624. The number of pyridine rings is 1. The highest BCUT2D eigenvalue weighted by Crippen LogP contribution is 2.38. The van der Waals surface area contributed by atoms with Gasteiger partial charge in [-0.15, -0.1) is 10.2 Å². The Morgan fingerprint density at radius 1 is 0.800 bits per heavy atom. The van der Waals surface area contributed by atoms with Crippen LogP contribution in [0.2, 0.25) is 0 Å². The number of halogens is 3. The van der Waals surface area contributed by atoms with Crippen LogP contribution < -0.4 is 15.9 Å². The summed E-state index contributed by atoms with van der Waals surface area (Å²) in [5, 5.41) is 10.5. The minimum Gasteiger partial charge on any atom is -0.379 e. The van der Waals surface area contributed by atoms with Crippen LogP contribution in [0.25, 0.3) is 11.2 Å². The van der Waals surface area contributed by atoms with E-state index in [0.29, 0.717) is 101 Å². The Labute approximate surface area is 429 Å². The van der Waals surface area contributed by atoms with E-state index in [0.717, 1.165) is 57.5 Å². The van der Waals surface area contributed by atoms with Gasteiger partial charge < -0.3 is 23.7 Å². The second kappa shape index (κ2) is 20.6. The van der Waals surface area contributed by atoms with Gasteiger partial charge in [-0.1, -0.05) is 42.5 Å². The summed E-state index contributed by atoms with van der Waals surface area (Å²) in [4.78, 5) is 72.7. The van der Waals surface area contributed by atoms with E-state index in [1.165, 1.54) is 17.0 Å². The summed E-state index contributed by atoms with van der Waals surface area (Å²) in [5.41, 5.74) is 3.12.